The van der Waals surface area contributed by atoms with E-state index in [4.69, 9.17) is 14.5 Å². The first-order valence-corrected chi connectivity index (χ1v) is 24.3. The zero-order valence-corrected chi connectivity index (χ0v) is 37.2. The second-order valence-electron chi connectivity index (χ2n) is 19.0. The Balaban J connectivity index is 0.867. The molecule has 4 aliphatic rings. The van der Waals surface area contributed by atoms with Crippen molar-refractivity contribution in [2.24, 2.45) is 23.7 Å². The molecule has 0 amide bonds. The van der Waals surface area contributed by atoms with Gasteiger partial charge in [0, 0.05) is 16.5 Å². The molecule has 4 aliphatic carbocycles. The summed E-state index contributed by atoms with van der Waals surface area (Å²) in [5.74, 6) is 4.31. The maximum atomic E-state index is 13.7. The van der Waals surface area contributed by atoms with E-state index in [2.05, 4.69) is 80.6 Å². The minimum Gasteiger partial charge on any atom is -0.423 e. The van der Waals surface area contributed by atoms with Gasteiger partial charge in [0.15, 0.2) is 5.75 Å². The van der Waals surface area contributed by atoms with E-state index in [1.807, 2.05) is 42.5 Å². The number of fused-ring (bicyclic) bond motifs is 4. The molecule has 0 N–H and O–H groups in total. The van der Waals surface area contributed by atoms with Crippen molar-refractivity contribution >= 4 is 18.1 Å². The van der Waals surface area contributed by atoms with E-state index < -0.39 is 0 Å². The number of carbonyl (C=O) groups is 1. The number of ether oxygens (including phenoxy) is 1. The second kappa shape index (κ2) is 21.1. The molecule has 4 heteroatoms. The SMILES string of the molecule is CCCCCC1CCC(/C=C/c2ccc(COOc3cccc4c3C3(CC4)CCc4cccc(OC(=O)c5ccc(/C=C/C6CCC(CCCCC)CC6)cc5)c43)cc2)CC1. The van der Waals surface area contributed by atoms with Gasteiger partial charge in [0.2, 0.25) is 0 Å². The van der Waals surface area contributed by atoms with Gasteiger partial charge >= 0.3 is 5.97 Å². The Morgan fingerprint density at radius 2 is 1.11 bits per heavy atom. The number of carbonyl (C=O) groups excluding carboxylic acids is 1. The lowest BCUT2D eigenvalue weighted by atomic mass is 9.76. The molecule has 4 aromatic rings. The number of allylic oxidation sites excluding steroid dienone is 2. The third-order valence-electron chi connectivity index (χ3n) is 14.9. The monoisotopic (exact) mass is 819 g/mol. The minimum absolute atomic E-state index is 0.299. The van der Waals surface area contributed by atoms with Gasteiger partial charge in [-0.15, -0.1) is 0 Å². The Morgan fingerprint density at radius 1 is 0.607 bits per heavy atom. The molecular weight excluding hydrogens is 749 g/mol. The Morgan fingerprint density at radius 3 is 1.66 bits per heavy atom. The molecule has 61 heavy (non-hydrogen) atoms. The first kappa shape index (κ1) is 43.2. The van der Waals surface area contributed by atoms with Crippen LogP contribution in [0.5, 0.6) is 11.5 Å². The molecule has 1 spiro atoms. The van der Waals surface area contributed by atoms with E-state index in [-0.39, 0.29) is 11.4 Å². The summed E-state index contributed by atoms with van der Waals surface area (Å²) in [5.41, 5.74) is 8.53. The van der Waals surface area contributed by atoms with Crippen LogP contribution in [0, 0.1) is 23.7 Å². The highest BCUT2D eigenvalue weighted by molar-refractivity contribution is 5.91. The molecule has 4 aromatic carbocycles. The summed E-state index contributed by atoms with van der Waals surface area (Å²) in [4.78, 5) is 25.9. The van der Waals surface area contributed by atoms with Crippen molar-refractivity contribution in [3.05, 3.63) is 142 Å². The van der Waals surface area contributed by atoms with Gasteiger partial charge in [-0.3, -0.25) is 0 Å². The number of rotatable bonds is 18. The van der Waals surface area contributed by atoms with E-state index in [9.17, 15) is 4.79 Å². The van der Waals surface area contributed by atoms with Crippen LogP contribution >= 0.6 is 0 Å². The van der Waals surface area contributed by atoms with E-state index in [0.29, 0.717) is 29.8 Å². The van der Waals surface area contributed by atoms with Crippen molar-refractivity contribution in [3.8, 4) is 11.5 Å². The van der Waals surface area contributed by atoms with Gasteiger partial charge in [-0.2, -0.15) is 4.89 Å². The van der Waals surface area contributed by atoms with E-state index in [1.165, 1.54) is 125 Å². The predicted octanol–water partition coefficient (Wildman–Crippen LogP) is 15.4. The Bertz CT molecular complexity index is 2070. The van der Waals surface area contributed by atoms with Crippen molar-refractivity contribution in [1.82, 2.24) is 0 Å². The lowest BCUT2D eigenvalue weighted by Gasteiger charge is -2.29. The predicted molar refractivity (Wildman–Crippen MR) is 251 cm³/mol. The molecule has 0 saturated heterocycles. The number of hydrogen-bond donors (Lipinski definition) is 0. The molecule has 1 unspecified atom stereocenters. The fraction of sp³-hybridized carbons (Fsp3) is 0.491. The first-order chi connectivity index (χ1) is 30.0. The second-order valence-corrected chi connectivity index (χ2v) is 19.0. The highest BCUT2D eigenvalue weighted by atomic mass is 17.2. The summed E-state index contributed by atoms with van der Waals surface area (Å²) < 4.78 is 6.31. The van der Waals surface area contributed by atoms with Crippen LogP contribution in [0.25, 0.3) is 12.2 Å². The van der Waals surface area contributed by atoms with Gasteiger partial charge in [0.05, 0.1) is 5.56 Å². The van der Waals surface area contributed by atoms with Crippen molar-refractivity contribution < 1.29 is 19.3 Å². The van der Waals surface area contributed by atoms with E-state index >= 15 is 0 Å². The zero-order valence-electron chi connectivity index (χ0n) is 37.2. The average molecular weight is 819 g/mol. The van der Waals surface area contributed by atoms with Crippen LogP contribution in [0.15, 0.2) is 97.1 Å². The average Bonchev–Trinajstić information content (AvgIpc) is 3.88. The van der Waals surface area contributed by atoms with Crippen LogP contribution in [0.1, 0.15) is 179 Å². The third kappa shape index (κ3) is 10.8. The van der Waals surface area contributed by atoms with Crippen LogP contribution < -0.4 is 9.62 Å². The molecule has 322 valence electrons. The normalized spacial score (nSPS) is 23.4. The largest absolute Gasteiger partial charge is 0.423 e. The number of aryl methyl sites for hydroxylation is 2. The fourth-order valence-electron chi connectivity index (χ4n) is 11.2. The fourth-order valence-corrected chi connectivity index (χ4v) is 11.2. The molecule has 2 saturated carbocycles. The number of hydrogen-bond acceptors (Lipinski definition) is 4. The van der Waals surface area contributed by atoms with Crippen LogP contribution in [0.2, 0.25) is 0 Å². The number of esters is 1. The van der Waals surface area contributed by atoms with Gasteiger partial charge in [-0.1, -0.05) is 150 Å². The van der Waals surface area contributed by atoms with Crippen LogP contribution in [-0.2, 0) is 29.8 Å². The smallest absolute Gasteiger partial charge is 0.343 e. The van der Waals surface area contributed by atoms with Crippen molar-refractivity contribution in [2.45, 2.75) is 154 Å². The third-order valence-corrected chi connectivity index (χ3v) is 14.9. The lowest BCUT2D eigenvalue weighted by Crippen LogP contribution is -2.24. The summed E-state index contributed by atoms with van der Waals surface area (Å²) in [7, 11) is 0. The maximum Gasteiger partial charge on any atom is 0.343 e. The summed E-state index contributed by atoms with van der Waals surface area (Å²) in [6.07, 6.45) is 34.8. The maximum absolute atomic E-state index is 13.7. The summed E-state index contributed by atoms with van der Waals surface area (Å²) >= 11 is 0. The Labute approximate surface area is 367 Å². The molecule has 1 atom stereocenters. The van der Waals surface area contributed by atoms with E-state index in [0.717, 1.165) is 60.0 Å². The van der Waals surface area contributed by atoms with Crippen LogP contribution in [0.4, 0.5) is 0 Å². The minimum atomic E-state index is -0.319. The molecule has 0 aromatic heterocycles. The van der Waals surface area contributed by atoms with Crippen molar-refractivity contribution in [1.29, 1.82) is 0 Å². The molecule has 0 heterocycles. The molecule has 8 rings (SSSR count). The number of unbranched alkanes of at least 4 members (excludes halogenated alkanes) is 4. The van der Waals surface area contributed by atoms with Gasteiger partial charge < -0.3 is 9.62 Å². The summed E-state index contributed by atoms with van der Waals surface area (Å²) in [6, 6.07) is 29.1. The number of benzene rings is 4. The van der Waals surface area contributed by atoms with Gasteiger partial charge in [-0.25, -0.2) is 4.79 Å². The van der Waals surface area contributed by atoms with Crippen LogP contribution in [0.3, 0.4) is 0 Å². The topological polar surface area (TPSA) is 44.8 Å². The Kier molecular flexibility index (Phi) is 15.0. The highest BCUT2D eigenvalue weighted by Gasteiger charge is 2.49. The van der Waals surface area contributed by atoms with Crippen molar-refractivity contribution in [3.63, 3.8) is 0 Å². The highest BCUT2D eigenvalue weighted by Crippen LogP contribution is 2.57. The molecule has 0 bridgehead atoms. The van der Waals surface area contributed by atoms with Gasteiger partial charge in [0.25, 0.3) is 0 Å². The first-order valence-electron chi connectivity index (χ1n) is 24.3. The zero-order chi connectivity index (χ0) is 41.9. The lowest BCUT2D eigenvalue weighted by molar-refractivity contribution is -0.218. The quantitative estimate of drug-likeness (QED) is 0.0330. The molecular formula is C57H70O4. The standard InChI is InChI=1S/C57H70O4/c1-3-5-7-11-42-17-21-44(22-18-42)25-26-46-29-31-48(32-30-46)41-59-61-53-16-10-14-50-38-40-57(55(50)53)39-37-49-13-9-15-52(54(49)57)60-56(58)51-35-33-47(34-36-51)28-27-45-23-19-43(20-24-45)12-8-6-4-2/h9-10,13-16,25-36,42-45H,3-8,11-12,17-24,37-41H2,1-2H3/b26-25+,28-27+. The molecule has 0 radical (unpaired) electrons. The van der Waals surface area contributed by atoms with Crippen molar-refractivity contribution in [2.75, 3.05) is 0 Å². The Hall–Kier alpha value is -4.41. The van der Waals surface area contributed by atoms with E-state index in [1.54, 1.807) is 0 Å². The summed E-state index contributed by atoms with van der Waals surface area (Å²) in [6.45, 7) is 4.94. The van der Waals surface area contributed by atoms with Gasteiger partial charge in [-0.05, 0) is 153 Å². The molecule has 4 nitrogen and oxygen atoms in total. The molecule has 2 fully saturated rings. The van der Waals surface area contributed by atoms with Gasteiger partial charge in [0.1, 0.15) is 12.4 Å². The molecule has 0 aliphatic heterocycles. The summed E-state index contributed by atoms with van der Waals surface area (Å²) in [5, 5.41) is 0. The van der Waals surface area contributed by atoms with Crippen LogP contribution in [-0.4, -0.2) is 5.97 Å².